The number of para-hydroxylation sites is 1. The fraction of sp³-hybridized carbons (Fsp3) is 0.571. The summed E-state index contributed by atoms with van der Waals surface area (Å²) >= 11 is 0. The molecule has 2 saturated carbocycles. The van der Waals surface area contributed by atoms with Crippen molar-refractivity contribution in [2.75, 3.05) is 5.75 Å². The molecule has 3 fully saturated rings. The van der Waals surface area contributed by atoms with Gasteiger partial charge in [-0.25, -0.2) is 8.42 Å². The van der Waals surface area contributed by atoms with Crippen molar-refractivity contribution in [3.63, 3.8) is 0 Å². The fourth-order valence-electron chi connectivity index (χ4n) is 6.28. The van der Waals surface area contributed by atoms with Crippen LogP contribution in [0.2, 0.25) is 0 Å². The van der Waals surface area contributed by atoms with Crippen LogP contribution in [0.3, 0.4) is 0 Å². The zero-order valence-electron chi connectivity index (χ0n) is 15.7. The summed E-state index contributed by atoms with van der Waals surface area (Å²) in [7, 11) is -3.23. The third kappa shape index (κ3) is 1.99. The van der Waals surface area contributed by atoms with Crippen LogP contribution < -0.4 is 0 Å². The Morgan fingerprint density at radius 2 is 2.04 bits per heavy atom. The molecule has 1 aromatic heterocycles. The van der Waals surface area contributed by atoms with Crippen LogP contribution in [0.1, 0.15) is 44.4 Å². The summed E-state index contributed by atoms with van der Waals surface area (Å²) in [5.74, 6) is 0.984. The number of nitrogens with zero attached hydrogens (tertiary/aromatic N) is 2. The van der Waals surface area contributed by atoms with Gasteiger partial charge in [-0.05, 0) is 55.2 Å². The molecular formula is C21H26N2O2S. The molecule has 0 amide bonds. The van der Waals surface area contributed by atoms with Crippen LogP contribution in [0.25, 0.3) is 10.9 Å². The lowest BCUT2D eigenvalue weighted by Crippen LogP contribution is -2.41. The number of fused-ring (bicyclic) bond motifs is 2. The first-order valence-electron chi connectivity index (χ1n) is 9.59. The van der Waals surface area contributed by atoms with Gasteiger partial charge >= 0.3 is 0 Å². The molecule has 5 heteroatoms. The maximum Gasteiger partial charge on any atom is 0.215 e. The molecule has 3 atom stereocenters. The summed E-state index contributed by atoms with van der Waals surface area (Å²) in [4.78, 5) is 4.61. The highest BCUT2D eigenvalue weighted by Gasteiger charge is 2.71. The fourth-order valence-corrected chi connectivity index (χ4v) is 8.81. The molecule has 0 radical (unpaired) electrons. The molecule has 0 unspecified atom stereocenters. The highest BCUT2D eigenvalue weighted by molar-refractivity contribution is 7.89. The van der Waals surface area contributed by atoms with Crippen molar-refractivity contribution in [1.29, 1.82) is 0 Å². The van der Waals surface area contributed by atoms with E-state index < -0.39 is 10.0 Å². The second-order valence-electron chi connectivity index (χ2n) is 9.11. The lowest BCUT2D eigenvalue weighted by atomic mass is 9.69. The van der Waals surface area contributed by atoms with Gasteiger partial charge in [0.1, 0.15) is 0 Å². The second-order valence-corrected chi connectivity index (χ2v) is 11.0. The Labute approximate surface area is 155 Å². The van der Waals surface area contributed by atoms with Gasteiger partial charge in [-0.1, -0.05) is 32.0 Å². The first-order chi connectivity index (χ1) is 12.2. The number of aryl methyl sites for hydroxylation is 1. The molecule has 26 heavy (non-hydrogen) atoms. The van der Waals surface area contributed by atoms with Gasteiger partial charge in [0.15, 0.2) is 0 Å². The van der Waals surface area contributed by atoms with Crippen LogP contribution in [0.15, 0.2) is 30.3 Å². The third-order valence-electron chi connectivity index (χ3n) is 7.79. The van der Waals surface area contributed by atoms with Gasteiger partial charge in [0.25, 0.3) is 0 Å². The van der Waals surface area contributed by atoms with Gasteiger partial charge in [-0.3, -0.25) is 4.98 Å². The summed E-state index contributed by atoms with van der Waals surface area (Å²) < 4.78 is 28.2. The van der Waals surface area contributed by atoms with Crippen LogP contribution >= 0.6 is 0 Å². The number of hydrogen-bond donors (Lipinski definition) is 0. The first-order valence-corrected chi connectivity index (χ1v) is 11.2. The van der Waals surface area contributed by atoms with Gasteiger partial charge in [0.05, 0.1) is 11.3 Å². The maximum absolute atomic E-state index is 13.2. The summed E-state index contributed by atoms with van der Waals surface area (Å²) in [5, 5.41) is 1.07. The van der Waals surface area contributed by atoms with E-state index in [1.54, 1.807) is 0 Å². The summed E-state index contributed by atoms with van der Waals surface area (Å²) in [6.07, 6.45) is 3.26. The van der Waals surface area contributed by atoms with E-state index >= 15 is 0 Å². The highest BCUT2D eigenvalue weighted by Crippen LogP contribution is 2.70. The molecule has 2 aromatic rings. The van der Waals surface area contributed by atoms with E-state index in [4.69, 9.17) is 0 Å². The first kappa shape index (κ1) is 16.7. The minimum atomic E-state index is -3.23. The monoisotopic (exact) mass is 370 g/mol. The van der Waals surface area contributed by atoms with E-state index in [0.717, 1.165) is 35.0 Å². The number of pyridine rings is 1. The van der Waals surface area contributed by atoms with E-state index in [9.17, 15) is 8.42 Å². The SMILES string of the molecule is Cc1cc(CN2[C@@H]3C[C@H]4CC[C@]3(CS2(=O)=O)C4(C)C)c2ccccc2n1. The van der Waals surface area contributed by atoms with Crippen molar-refractivity contribution < 1.29 is 8.42 Å². The number of rotatable bonds is 2. The Balaban J connectivity index is 1.60. The summed E-state index contributed by atoms with van der Waals surface area (Å²) in [5.41, 5.74) is 3.03. The Hall–Kier alpha value is -1.46. The molecule has 1 spiro atoms. The zero-order chi connectivity index (χ0) is 18.3. The maximum atomic E-state index is 13.2. The third-order valence-corrected chi connectivity index (χ3v) is 9.77. The molecule has 4 nitrogen and oxygen atoms in total. The standard InChI is InChI=1S/C21H26N2O2S/c1-14-10-15(17-6-4-5-7-18(17)22-14)12-23-19-11-16-8-9-21(19,20(16,2)3)13-26(23,24)25/h4-7,10,16,19H,8-9,11-13H2,1-3H3/t16-,19-,21-/m1/s1. The molecule has 1 aromatic carbocycles. The quantitative estimate of drug-likeness (QED) is 0.806. The van der Waals surface area contributed by atoms with Crippen molar-refractivity contribution in [3.8, 4) is 0 Å². The van der Waals surface area contributed by atoms with Crippen LogP contribution in [0, 0.1) is 23.7 Å². The van der Waals surface area contributed by atoms with Gasteiger partial charge in [0, 0.05) is 29.1 Å². The average molecular weight is 371 g/mol. The molecular weight excluding hydrogens is 344 g/mol. The summed E-state index contributed by atoms with van der Waals surface area (Å²) in [6.45, 7) is 7.06. The van der Waals surface area contributed by atoms with Gasteiger partial charge in [0.2, 0.25) is 10.0 Å². The van der Waals surface area contributed by atoms with E-state index in [2.05, 4.69) is 31.0 Å². The van der Waals surface area contributed by atoms with Crippen LogP contribution in [-0.2, 0) is 16.6 Å². The van der Waals surface area contributed by atoms with Crippen molar-refractivity contribution in [3.05, 3.63) is 41.6 Å². The Bertz CT molecular complexity index is 1010. The largest absolute Gasteiger partial charge is 0.253 e. The van der Waals surface area contributed by atoms with Crippen molar-refractivity contribution in [2.24, 2.45) is 16.7 Å². The van der Waals surface area contributed by atoms with Crippen LogP contribution in [-0.4, -0.2) is 29.5 Å². The number of hydrogen-bond acceptors (Lipinski definition) is 3. The van der Waals surface area contributed by atoms with E-state index in [1.165, 1.54) is 6.42 Å². The van der Waals surface area contributed by atoms with E-state index in [0.29, 0.717) is 18.2 Å². The topological polar surface area (TPSA) is 50.3 Å². The molecule has 3 aliphatic rings. The molecule has 0 N–H and O–H groups in total. The second kappa shape index (κ2) is 5.08. The number of benzene rings is 1. The van der Waals surface area contributed by atoms with Gasteiger partial charge < -0.3 is 0 Å². The average Bonchev–Trinajstić information content (AvgIpc) is 3.04. The van der Waals surface area contributed by atoms with Crippen LogP contribution in [0.4, 0.5) is 0 Å². The lowest BCUT2D eigenvalue weighted by Gasteiger charge is -2.37. The molecule has 1 aliphatic heterocycles. The number of aromatic nitrogens is 1. The Morgan fingerprint density at radius 1 is 1.27 bits per heavy atom. The van der Waals surface area contributed by atoms with Gasteiger partial charge in [-0.15, -0.1) is 0 Å². The number of sulfonamides is 1. The highest BCUT2D eigenvalue weighted by atomic mass is 32.2. The predicted octanol–water partition coefficient (Wildman–Crippen LogP) is 3.88. The molecule has 2 bridgehead atoms. The zero-order valence-corrected chi connectivity index (χ0v) is 16.5. The van der Waals surface area contributed by atoms with E-state index in [-0.39, 0.29) is 16.9 Å². The Kier molecular flexibility index (Phi) is 3.26. The molecule has 138 valence electrons. The predicted molar refractivity (Wildman–Crippen MR) is 103 cm³/mol. The normalized spacial score (nSPS) is 34.4. The minimum absolute atomic E-state index is 0.0611. The smallest absolute Gasteiger partial charge is 0.215 e. The van der Waals surface area contributed by atoms with Crippen molar-refractivity contribution in [1.82, 2.24) is 9.29 Å². The summed E-state index contributed by atoms with van der Waals surface area (Å²) in [6, 6.07) is 10.3. The van der Waals surface area contributed by atoms with E-state index in [1.807, 2.05) is 29.4 Å². The van der Waals surface area contributed by atoms with Crippen molar-refractivity contribution in [2.45, 2.75) is 52.6 Å². The minimum Gasteiger partial charge on any atom is -0.253 e. The Morgan fingerprint density at radius 3 is 2.81 bits per heavy atom. The lowest BCUT2D eigenvalue weighted by molar-refractivity contribution is 0.112. The van der Waals surface area contributed by atoms with Gasteiger partial charge in [-0.2, -0.15) is 4.31 Å². The molecule has 2 heterocycles. The molecule has 2 aliphatic carbocycles. The molecule has 1 saturated heterocycles. The molecule has 5 rings (SSSR count). The van der Waals surface area contributed by atoms with Crippen molar-refractivity contribution >= 4 is 20.9 Å². The van der Waals surface area contributed by atoms with Crippen LogP contribution in [0.5, 0.6) is 0 Å².